The van der Waals surface area contributed by atoms with E-state index in [1.165, 1.54) is 10.0 Å². The molecule has 0 aromatic heterocycles. The summed E-state index contributed by atoms with van der Waals surface area (Å²) in [6.45, 7) is 0. The van der Waals surface area contributed by atoms with Gasteiger partial charge in [-0.05, 0) is 0 Å². The zero-order valence-electron chi connectivity index (χ0n) is 7.61. The van der Waals surface area contributed by atoms with Gasteiger partial charge >= 0.3 is 72.7 Å². The van der Waals surface area contributed by atoms with E-state index in [0.717, 1.165) is 12.8 Å². The number of carbonyl (C=O) groups excluding carboxylic acids is 1. The Kier molecular flexibility index (Phi) is 2.79. The van der Waals surface area contributed by atoms with E-state index < -0.39 is 18.4 Å². The number of allylic oxidation sites excluding steroid dienone is 2. The molecule has 2 heteroatoms. The Bertz CT molecular complexity index is 198. The molecule has 11 heavy (non-hydrogen) atoms. The minimum atomic E-state index is -1.85. The van der Waals surface area contributed by atoms with Gasteiger partial charge in [0.2, 0.25) is 0 Å². The Labute approximate surface area is 72.7 Å². The predicted octanol–water partition coefficient (Wildman–Crippen LogP) is 2.54. The van der Waals surface area contributed by atoms with Crippen LogP contribution in [0.4, 0.5) is 0 Å². The van der Waals surface area contributed by atoms with Gasteiger partial charge in [-0.15, -0.1) is 0 Å². The summed E-state index contributed by atoms with van der Waals surface area (Å²) >= 11 is -1.85. The molecule has 0 atom stereocenters. The second kappa shape index (κ2) is 3.30. The van der Waals surface area contributed by atoms with Crippen molar-refractivity contribution >= 4 is 24.2 Å². The third-order valence-electron chi connectivity index (χ3n) is 2.17. The maximum atomic E-state index is 11.1. The fourth-order valence-corrected chi connectivity index (χ4v) is 5.72. The Morgan fingerprint density at radius 3 is 2.27 bits per heavy atom. The van der Waals surface area contributed by atoms with Crippen molar-refractivity contribution in [3.05, 3.63) is 9.67 Å². The van der Waals surface area contributed by atoms with Gasteiger partial charge in [-0.1, -0.05) is 0 Å². The number of carbonyl (C=O) groups is 1. The second-order valence-electron chi connectivity index (χ2n) is 4.24. The van der Waals surface area contributed by atoms with E-state index >= 15 is 0 Å². The molecule has 1 aliphatic carbocycles. The molecule has 62 valence electrons. The van der Waals surface area contributed by atoms with Crippen LogP contribution in [0.5, 0.6) is 0 Å². The van der Waals surface area contributed by atoms with Crippen LogP contribution in [0.2, 0.25) is 14.8 Å². The number of ketones is 1. The van der Waals surface area contributed by atoms with Crippen LogP contribution < -0.4 is 0 Å². The van der Waals surface area contributed by atoms with E-state index in [1.807, 2.05) is 6.08 Å². The molecule has 0 N–H and O–H groups in total. The molecule has 0 aromatic rings. The van der Waals surface area contributed by atoms with Crippen LogP contribution in [-0.4, -0.2) is 24.2 Å². The molecule has 0 unspecified atom stereocenters. The summed E-state index contributed by atoms with van der Waals surface area (Å²) in [4.78, 5) is 18.2. The van der Waals surface area contributed by atoms with Crippen molar-refractivity contribution in [3.63, 3.8) is 0 Å². The summed E-state index contributed by atoms with van der Waals surface area (Å²) in [6, 6.07) is 0. The molecule has 0 amide bonds. The molecule has 1 nitrogen and oxygen atoms in total. The second-order valence-corrected chi connectivity index (χ2v) is 18.9. The third kappa shape index (κ3) is 2.62. The van der Waals surface area contributed by atoms with Crippen LogP contribution in [0.3, 0.4) is 0 Å². The molecular formula is C9H16OSn. The average molecular weight is 259 g/mol. The first-order chi connectivity index (χ1) is 5.00. The van der Waals surface area contributed by atoms with Crippen LogP contribution in [0.25, 0.3) is 0 Å². The zero-order valence-corrected chi connectivity index (χ0v) is 10.5. The van der Waals surface area contributed by atoms with Crippen molar-refractivity contribution in [1.82, 2.24) is 0 Å². The molecule has 0 fully saturated rings. The van der Waals surface area contributed by atoms with Gasteiger partial charge < -0.3 is 0 Å². The normalized spacial score (nSPS) is 19.9. The van der Waals surface area contributed by atoms with Gasteiger partial charge in [0.05, 0.1) is 0 Å². The van der Waals surface area contributed by atoms with E-state index in [9.17, 15) is 4.79 Å². The van der Waals surface area contributed by atoms with Crippen molar-refractivity contribution < 1.29 is 4.79 Å². The summed E-state index contributed by atoms with van der Waals surface area (Å²) in [5, 5.41) is 0. The minimum absolute atomic E-state index is 0.359. The molecule has 0 aromatic carbocycles. The topological polar surface area (TPSA) is 17.1 Å². The molecule has 0 radical (unpaired) electrons. The molecule has 0 heterocycles. The van der Waals surface area contributed by atoms with Crippen molar-refractivity contribution in [2.75, 3.05) is 0 Å². The summed E-state index contributed by atoms with van der Waals surface area (Å²) in [6.07, 6.45) is 5.01. The Morgan fingerprint density at radius 1 is 1.27 bits per heavy atom. The average Bonchev–Trinajstić information content (AvgIpc) is 1.86. The van der Waals surface area contributed by atoms with Crippen LogP contribution in [0.1, 0.15) is 19.3 Å². The van der Waals surface area contributed by atoms with Crippen LogP contribution in [-0.2, 0) is 4.79 Å². The maximum absolute atomic E-state index is 11.1. The quantitative estimate of drug-likeness (QED) is 0.661. The zero-order chi connectivity index (χ0) is 8.48. The Hall–Kier alpha value is 0.209. The molecule has 0 spiro atoms. The van der Waals surface area contributed by atoms with E-state index in [1.54, 1.807) is 0 Å². The van der Waals surface area contributed by atoms with Crippen LogP contribution >= 0.6 is 0 Å². The molecule has 0 saturated heterocycles. The van der Waals surface area contributed by atoms with E-state index in [0.29, 0.717) is 5.78 Å². The first-order valence-corrected chi connectivity index (χ1v) is 14.2. The fraction of sp³-hybridized carbons (Fsp3) is 0.667. The van der Waals surface area contributed by atoms with Gasteiger partial charge in [0.15, 0.2) is 0 Å². The number of hydrogen-bond acceptors (Lipinski definition) is 1. The summed E-state index contributed by atoms with van der Waals surface area (Å²) < 4.78 is 1.52. The van der Waals surface area contributed by atoms with Gasteiger partial charge in [0.25, 0.3) is 0 Å². The van der Waals surface area contributed by atoms with E-state index in [4.69, 9.17) is 0 Å². The van der Waals surface area contributed by atoms with E-state index in [-0.39, 0.29) is 0 Å². The summed E-state index contributed by atoms with van der Waals surface area (Å²) in [5.41, 5.74) is 0. The molecule has 0 bridgehead atoms. The monoisotopic (exact) mass is 260 g/mol. The summed E-state index contributed by atoms with van der Waals surface area (Å²) in [7, 11) is 0. The first-order valence-electron chi connectivity index (χ1n) is 4.24. The van der Waals surface area contributed by atoms with Crippen molar-refractivity contribution in [2.45, 2.75) is 34.1 Å². The summed E-state index contributed by atoms with van der Waals surface area (Å²) in [5.74, 6) is 0.359. The standard InChI is InChI=1S/C6H7O.3CH3.Sn/c7-6-4-2-1-3-5-6;;;;/h5H,1-2,4H2;3*1H3;. The van der Waals surface area contributed by atoms with Crippen molar-refractivity contribution in [2.24, 2.45) is 0 Å². The van der Waals surface area contributed by atoms with Gasteiger partial charge in [-0.2, -0.15) is 0 Å². The predicted molar refractivity (Wildman–Crippen MR) is 50.3 cm³/mol. The van der Waals surface area contributed by atoms with Gasteiger partial charge in [-0.3, -0.25) is 0 Å². The van der Waals surface area contributed by atoms with Crippen LogP contribution in [0, 0.1) is 0 Å². The number of rotatable bonds is 1. The molecule has 0 aliphatic heterocycles. The molecular weight excluding hydrogens is 243 g/mol. The van der Waals surface area contributed by atoms with Gasteiger partial charge in [0.1, 0.15) is 0 Å². The molecule has 0 saturated carbocycles. The SMILES string of the molecule is [CH3][Sn]([CH3])([CH3])[C]1=CC(=O)CCC1. The third-order valence-corrected chi connectivity index (χ3v) is 8.79. The van der Waals surface area contributed by atoms with Crippen molar-refractivity contribution in [3.8, 4) is 0 Å². The van der Waals surface area contributed by atoms with Crippen LogP contribution in [0.15, 0.2) is 9.67 Å². The number of hydrogen-bond donors (Lipinski definition) is 0. The molecule has 1 aliphatic rings. The van der Waals surface area contributed by atoms with E-state index in [2.05, 4.69) is 14.8 Å². The Morgan fingerprint density at radius 2 is 1.91 bits per heavy atom. The van der Waals surface area contributed by atoms with Gasteiger partial charge in [-0.25, -0.2) is 0 Å². The Balaban J connectivity index is 2.79. The fourth-order valence-electron chi connectivity index (χ4n) is 1.38. The van der Waals surface area contributed by atoms with Crippen molar-refractivity contribution in [1.29, 1.82) is 0 Å². The molecule has 1 rings (SSSR count). The van der Waals surface area contributed by atoms with Gasteiger partial charge in [0, 0.05) is 0 Å². The first kappa shape index (κ1) is 9.30.